The summed E-state index contributed by atoms with van der Waals surface area (Å²) < 4.78 is 6.76. The van der Waals surface area contributed by atoms with Crippen LogP contribution in [0.3, 0.4) is 0 Å². The molecule has 2 heterocycles. The Kier molecular flexibility index (Phi) is 5.84. The molecule has 0 fully saturated rings. The Morgan fingerprint density at radius 3 is 2.96 bits per heavy atom. The molecule has 25 heavy (non-hydrogen) atoms. The Hall–Kier alpha value is -2.61. The van der Waals surface area contributed by atoms with Gasteiger partial charge >= 0.3 is 0 Å². The van der Waals surface area contributed by atoms with Gasteiger partial charge in [0, 0.05) is 25.9 Å². The van der Waals surface area contributed by atoms with Gasteiger partial charge in [0.05, 0.1) is 18.1 Å². The van der Waals surface area contributed by atoms with Crippen LogP contribution in [0, 0.1) is 6.92 Å². The standard InChI is InChI=1S/C17H19N5O2S/c1-13-20-16(21-24-13)11-25-12-17(23)18-9-14-4-2-5-15(8-14)10-22-7-3-6-19-22/h2-8H,9-12H2,1H3,(H,18,23). The van der Waals surface area contributed by atoms with E-state index >= 15 is 0 Å². The molecular weight excluding hydrogens is 338 g/mol. The molecule has 0 atom stereocenters. The lowest BCUT2D eigenvalue weighted by atomic mass is 10.1. The number of hydrogen-bond donors (Lipinski definition) is 1. The second kappa shape index (κ2) is 8.48. The minimum Gasteiger partial charge on any atom is -0.351 e. The van der Waals surface area contributed by atoms with Gasteiger partial charge in [-0.1, -0.05) is 29.4 Å². The quantitative estimate of drug-likeness (QED) is 0.665. The summed E-state index contributed by atoms with van der Waals surface area (Å²) in [6.45, 7) is 2.97. The van der Waals surface area contributed by atoms with Crippen molar-refractivity contribution in [3.8, 4) is 0 Å². The van der Waals surface area contributed by atoms with Crippen LogP contribution in [-0.2, 0) is 23.6 Å². The van der Waals surface area contributed by atoms with Gasteiger partial charge in [0.1, 0.15) is 0 Å². The first-order valence-electron chi connectivity index (χ1n) is 7.88. The van der Waals surface area contributed by atoms with Crippen LogP contribution in [0.15, 0.2) is 47.2 Å². The number of nitrogens with one attached hydrogen (secondary N) is 1. The predicted molar refractivity (Wildman–Crippen MR) is 94.8 cm³/mol. The van der Waals surface area contributed by atoms with E-state index in [2.05, 4.69) is 32.7 Å². The van der Waals surface area contributed by atoms with Crippen LogP contribution in [0.5, 0.6) is 0 Å². The van der Waals surface area contributed by atoms with Crippen LogP contribution in [0.4, 0.5) is 0 Å². The molecule has 0 unspecified atom stereocenters. The Labute approximate surface area is 149 Å². The second-order valence-corrected chi connectivity index (χ2v) is 6.51. The SMILES string of the molecule is Cc1nc(CSCC(=O)NCc2cccc(Cn3cccn3)c2)no1. The summed E-state index contributed by atoms with van der Waals surface area (Å²) >= 11 is 1.46. The van der Waals surface area contributed by atoms with E-state index in [1.807, 2.05) is 29.1 Å². The lowest BCUT2D eigenvalue weighted by Gasteiger charge is -2.07. The highest BCUT2D eigenvalue weighted by molar-refractivity contribution is 7.99. The molecule has 0 saturated heterocycles. The maximum Gasteiger partial charge on any atom is 0.230 e. The van der Waals surface area contributed by atoms with Gasteiger partial charge in [0.2, 0.25) is 11.8 Å². The molecule has 8 heteroatoms. The van der Waals surface area contributed by atoms with Crippen LogP contribution in [-0.4, -0.2) is 31.6 Å². The van der Waals surface area contributed by atoms with Gasteiger partial charge in [-0.25, -0.2) is 0 Å². The molecular formula is C17H19N5O2S. The van der Waals surface area contributed by atoms with Gasteiger partial charge in [-0.15, -0.1) is 11.8 Å². The van der Waals surface area contributed by atoms with Crippen LogP contribution in [0.1, 0.15) is 22.8 Å². The number of benzene rings is 1. The van der Waals surface area contributed by atoms with Crippen molar-refractivity contribution in [1.29, 1.82) is 0 Å². The van der Waals surface area contributed by atoms with Crippen LogP contribution >= 0.6 is 11.8 Å². The number of aromatic nitrogens is 4. The molecule has 2 aromatic heterocycles. The van der Waals surface area contributed by atoms with E-state index < -0.39 is 0 Å². The first-order valence-corrected chi connectivity index (χ1v) is 9.03. The average Bonchev–Trinajstić information content (AvgIpc) is 3.25. The number of carbonyl (C=O) groups excluding carboxylic acids is 1. The van der Waals surface area contributed by atoms with Gasteiger partial charge in [0.15, 0.2) is 5.82 Å². The van der Waals surface area contributed by atoms with Crippen molar-refractivity contribution in [2.75, 3.05) is 5.75 Å². The zero-order valence-electron chi connectivity index (χ0n) is 13.9. The normalized spacial score (nSPS) is 10.8. The van der Waals surface area contributed by atoms with Crippen LogP contribution in [0.25, 0.3) is 0 Å². The van der Waals surface area contributed by atoms with E-state index in [1.165, 1.54) is 11.8 Å². The first-order chi connectivity index (χ1) is 12.2. The molecule has 0 aliphatic carbocycles. The highest BCUT2D eigenvalue weighted by Crippen LogP contribution is 2.10. The molecule has 0 radical (unpaired) electrons. The molecule has 0 aliphatic rings. The van der Waals surface area contributed by atoms with Crippen LogP contribution < -0.4 is 5.32 Å². The number of nitrogens with zero attached hydrogens (tertiary/aromatic N) is 4. The molecule has 1 aromatic carbocycles. The van der Waals surface area contributed by atoms with Crippen molar-refractivity contribution in [2.24, 2.45) is 0 Å². The van der Waals surface area contributed by atoms with Gasteiger partial charge < -0.3 is 9.84 Å². The summed E-state index contributed by atoms with van der Waals surface area (Å²) in [6, 6.07) is 10.0. The third kappa shape index (κ3) is 5.46. The van der Waals surface area contributed by atoms with Crippen LogP contribution in [0.2, 0.25) is 0 Å². The highest BCUT2D eigenvalue weighted by Gasteiger charge is 2.06. The fraction of sp³-hybridized carbons (Fsp3) is 0.294. The van der Waals surface area contributed by atoms with Crippen molar-refractivity contribution in [1.82, 2.24) is 25.2 Å². The Morgan fingerprint density at radius 2 is 2.20 bits per heavy atom. The van der Waals surface area contributed by atoms with E-state index in [9.17, 15) is 4.79 Å². The molecule has 0 aliphatic heterocycles. The van der Waals surface area contributed by atoms with Gasteiger partial charge in [-0.3, -0.25) is 9.48 Å². The molecule has 0 spiro atoms. The first kappa shape index (κ1) is 17.2. The molecule has 3 aromatic rings. The maximum absolute atomic E-state index is 11.9. The predicted octanol–water partition coefficient (Wildman–Crippen LogP) is 2.17. The summed E-state index contributed by atoms with van der Waals surface area (Å²) in [4.78, 5) is 16.0. The van der Waals surface area contributed by atoms with Crippen molar-refractivity contribution >= 4 is 17.7 Å². The van der Waals surface area contributed by atoms with E-state index in [0.717, 1.165) is 17.7 Å². The Morgan fingerprint density at radius 1 is 1.32 bits per heavy atom. The largest absolute Gasteiger partial charge is 0.351 e. The third-order valence-corrected chi connectivity index (χ3v) is 4.35. The Balaban J connectivity index is 1.42. The number of carbonyl (C=O) groups is 1. The molecule has 3 rings (SSSR count). The zero-order chi connectivity index (χ0) is 17.5. The summed E-state index contributed by atoms with van der Waals surface area (Å²) in [6.07, 6.45) is 3.69. The van der Waals surface area contributed by atoms with E-state index in [4.69, 9.17) is 4.52 Å². The van der Waals surface area contributed by atoms with Crippen molar-refractivity contribution in [3.63, 3.8) is 0 Å². The summed E-state index contributed by atoms with van der Waals surface area (Å²) in [7, 11) is 0. The fourth-order valence-corrected chi connectivity index (χ4v) is 2.99. The fourth-order valence-electron chi connectivity index (χ4n) is 2.31. The van der Waals surface area contributed by atoms with Gasteiger partial charge in [-0.2, -0.15) is 10.1 Å². The highest BCUT2D eigenvalue weighted by atomic mass is 32.2. The molecule has 1 N–H and O–H groups in total. The van der Waals surface area contributed by atoms with Crippen molar-refractivity contribution < 1.29 is 9.32 Å². The Bertz CT molecular complexity index is 816. The minimum absolute atomic E-state index is 0.0114. The number of rotatable bonds is 8. The molecule has 7 nitrogen and oxygen atoms in total. The molecule has 0 saturated carbocycles. The molecule has 1 amide bonds. The van der Waals surface area contributed by atoms with Crippen molar-refractivity contribution in [2.45, 2.75) is 25.8 Å². The smallest absolute Gasteiger partial charge is 0.230 e. The number of amides is 1. The monoisotopic (exact) mass is 357 g/mol. The summed E-state index contributed by atoms with van der Waals surface area (Å²) in [5, 5.41) is 10.9. The number of thioether (sulfide) groups is 1. The topological polar surface area (TPSA) is 85.8 Å². The molecule has 130 valence electrons. The molecule has 0 bridgehead atoms. The minimum atomic E-state index is -0.0114. The third-order valence-electron chi connectivity index (χ3n) is 3.42. The van der Waals surface area contributed by atoms with E-state index in [1.54, 1.807) is 13.1 Å². The van der Waals surface area contributed by atoms with Gasteiger partial charge in [-0.05, 0) is 17.2 Å². The summed E-state index contributed by atoms with van der Waals surface area (Å²) in [5.74, 6) is 2.06. The lowest BCUT2D eigenvalue weighted by Crippen LogP contribution is -2.24. The van der Waals surface area contributed by atoms with E-state index in [0.29, 0.717) is 29.8 Å². The maximum atomic E-state index is 11.9. The van der Waals surface area contributed by atoms with Crippen molar-refractivity contribution in [3.05, 3.63) is 65.6 Å². The second-order valence-electron chi connectivity index (χ2n) is 5.52. The average molecular weight is 357 g/mol. The lowest BCUT2D eigenvalue weighted by molar-refractivity contribution is -0.118. The van der Waals surface area contributed by atoms with Gasteiger partial charge in [0.25, 0.3) is 0 Å². The number of hydrogen-bond acceptors (Lipinski definition) is 6. The van der Waals surface area contributed by atoms with E-state index in [-0.39, 0.29) is 5.91 Å². The summed E-state index contributed by atoms with van der Waals surface area (Å²) in [5.41, 5.74) is 2.22. The number of aryl methyl sites for hydroxylation is 1. The zero-order valence-corrected chi connectivity index (χ0v) is 14.7.